The maximum Gasteiger partial charge on any atom is 0.407 e. The number of carboxylic acid groups (broad SMARTS) is 1. The molecular weight excluding hydrogens is 458 g/mol. The molecule has 7 heteroatoms. The van der Waals surface area contributed by atoms with E-state index in [2.05, 4.69) is 17.4 Å². The van der Waals surface area contributed by atoms with Crippen LogP contribution in [0.4, 0.5) is 4.79 Å². The number of carbonyl (C=O) groups excluding carboxylic acids is 1. The van der Waals surface area contributed by atoms with Crippen LogP contribution in [0.1, 0.15) is 48.3 Å². The molecule has 36 heavy (non-hydrogen) atoms. The second kappa shape index (κ2) is 11.8. The number of fused-ring (bicyclic) bond motifs is 3. The largest absolute Gasteiger partial charge is 0.480 e. The minimum Gasteiger partial charge on any atom is -0.480 e. The molecule has 0 spiro atoms. The SMILES string of the molecule is CCOC(OCC)c1cccc(CC(NC(=O)OCC2c3ccccc3-c3ccccc32)C(=O)O)c1. The summed E-state index contributed by atoms with van der Waals surface area (Å²) in [5.41, 5.74) is 5.97. The number of ether oxygens (including phenoxy) is 3. The number of nitrogens with one attached hydrogen (secondary N) is 1. The van der Waals surface area contributed by atoms with Crippen molar-refractivity contribution in [2.24, 2.45) is 0 Å². The minimum atomic E-state index is -1.14. The first kappa shape index (κ1) is 25.4. The Hall–Kier alpha value is -3.68. The Kier molecular flexibility index (Phi) is 8.36. The smallest absolute Gasteiger partial charge is 0.407 e. The molecule has 188 valence electrons. The van der Waals surface area contributed by atoms with Crippen LogP contribution in [-0.4, -0.2) is 43.0 Å². The maximum absolute atomic E-state index is 12.6. The molecule has 3 aromatic rings. The van der Waals surface area contributed by atoms with Gasteiger partial charge in [0, 0.05) is 31.1 Å². The fraction of sp³-hybridized carbons (Fsp3) is 0.310. The molecule has 7 nitrogen and oxygen atoms in total. The van der Waals surface area contributed by atoms with Gasteiger partial charge in [-0.05, 0) is 41.7 Å². The van der Waals surface area contributed by atoms with Crippen LogP contribution in [-0.2, 0) is 25.4 Å². The Labute approximate surface area is 211 Å². The first-order valence-corrected chi connectivity index (χ1v) is 12.2. The summed E-state index contributed by atoms with van der Waals surface area (Å²) in [5, 5.41) is 12.3. The average Bonchev–Trinajstić information content (AvgIpc) is 3.21. The zero-order valence-corrected chi connectivity index (χ0v) is 20.5. The normalized spacial score (nSPS) is 13.2. The summed E-state index contributed by atoms with van der Waals surface area (Å²) in [5.74, 6) is -1.24. The molecular formula is C29H31NO6. The second-order valence-corrected chi connectivity index (χ2v) is 8.55. The first-order chi connectivity index (χ1) is 17.5. The molecule has 1 amide bonds. The van der Waals surface area contributed by atoms with Crippen LogP contribution in [0, 0.1) is 0 Å². The molecule has 0 saturated carbocycles. The Balaban J connectivity index is 1.41. The van der Waals surface area contributed by atoms with E-state index in [1.54, 1.807) is 0 Å². The van der Waals surface area contributed by atoms with Crippen LogP contribution >= 0.6 is 0 Å². The second-order valence-electron chi connectivity index (χ2n) is 8.55. The van der Waals surface area contributed by atoms with Crippen molar-refractivity contribution in [2.75, 3.05) is 19.8 Å². The number of aliphatic carboxylic acids is 1. The van der Waals surface area contributed by atoms with E-state index in [9.17, 15) is 14.7 Å². The van der Waals surface area contributed by atoms with Crippen LogP contribution in [0.3, 0.4) is 0 Å². The molecule has 1 aliphatic rings. The molecule has 0 aliphatic heterocycles. The molecule has 3 aromatic carbocycles. The van der Waals surface area contributed by atoms with Crippen molar-refractivity contribution in [2.45, 2.75) is 38.5 Å². The van der Waals surface area contributed by atoms with Gasteiger partial charge in [-0.25, -0.2) is 9.59 Å². The Morgan fingerprint density at radius 1 is 0.889 bits per heavy atom. The summed E-state index contributed by atoms with van der Waals surface area (Å²) in [6.07, 6.45) is -1.20. The molecule has 0 saturated heterocycles. The summed E-state index contributed by atoms with van der Waals surface area (Å²) < 4.78 is 16.8. The van der Waals surface area contributed by atoms with Crippen LogP contribution in [0.15, 0.2) is 72.8 Å². The number of benzene rings is 3. The Bertz CT molecular complexity index is 1160. The fourth-order valence-electron chi connectivity index (χ4n) is 4.63. The van der Waals surface area contributed by atoms with E-state index >= 15 is 0 Å². The van der Waals surface area contributed by atoms with Gasteiger partial charge < -0.3 is 24.6 Å². The number of carboxylic acids is 1. The number of alkyl carbamates (subject to hydrolysis) is 1. The van der Waals surface area contributed by atoms with Crippen molar-refractivity contribution >= 4 is 12.1 Å². The highest BCUT2D eigenvalue weighted by Gasteiger charge is 2.30. The lowest BCUT2D eigenvalue weighted by molar-refractivity contribution is -0.140. The first-order valence-electron chi connectivity index (χ1n) is 12.2. The third-order valence-corrected chi connectivity index (χ3v) is 6.23. The van der Waals surface area contributed by atoms with E-state index in [1.165, 1.54) is 0 Å². The lowest BCUT2D eigenvalue weighted by Gasteiger charge is -2.19. The molecule has 0 bridgehead atoms. The monoisotopic (exact) mass is 489 g/mol. The molecule has 4 rings (SSSR count). The third kappa shape index (κ3) is 5.75. The van der Waals surface area contributed by atoms with Gasteiger partial charge in [-0.2, -0.15) is 0 Å². The summed E-state index contributed by atoms with van der Waals surface area (Å²) in [6.45, 7) is 4.85. The van der Waals surface area contributed by atoms with Gasteiger partial charge in [0.2, 0.25) is 0 Å². The number of rotatable bonds is 11. The van der Waals surface area contributed by atoms with E-state index in [0.29, 0.717) is 13.2 Å². The third-order valence-electron chi connectivity index (χ3n) is 6.23. The van der Waals surface area contributed by atoms with E-state index in [4.69, 9.17) is 14.2 Å². The van der Waals surface area contributed by atoms with Gasteiger partial charge in [-0.1, -0.05) is 72.8 Å². The summed E-state index contributed by atoms with van der Waals surface area (Å²) >= 11 is 0. The highest BCUT2D eigenvalue weighted by molar-refractivity contribution is 5.81. The molecule has 0 aromatic heterocycles. The van der Waals surface area contributed by atoms with Gasteiger partial charge in [-0.15, -0.1) is 0 Å². The van der Waals surface area contributed by atoms with Gasteiger partial charge in [-0.3, -0.25) is 0 Å². The van der Waals surface area contributed by atoms with Crippen molar-refractivity contribution in [3.63, 3.8) is 0 Å². The highest BCUT2D eigenvalue weighted by atomic mass is 16.7. The van der Waals surface area contributed by atoms with Crippen molar-refractivity contribution in [3.05, 3.63) is 95.1 Å². The predicted molar refractivity (Wildman–Crippen MR) is 136 cm³/mol. The molecule has 0 fully saturated rings. The van der Waals surface area contributed by atoms with E-state index < -0.39 is 24.4 Å². The van der Waals surface area contributed by atoms with Crippen molar-refractivity contribution in [3.8, 4) is 11.1 Å². The lowest BCUT2D eigenvalue weighted by atomic mass is 9.98. The summed E-state index contributed by atoms with van der Waals surface area (Å²) in [6, 6.07) is 22.3. The Morgan fingerprint density at radius 3 is 2.08 bits per heavy atom. The fourth-order valence-corrected chi connectivity index (χ4v) is 4.63. The molecule has 0 heterocycles. The quantitative estimate of drug-likeness (QED) is 0.355. The molecule has 1 atom stereocenters. The van der Waals surface area contributed by atoms with Gasteiger partial charge in [0.25, 0.3) is 0 Å². The van der Waals surface area contributed by atoms with E-state index in [-0.39, 0.29) is 18.9 Å². The van der Waals surface area contributed by atoms with Crippen LogP contribution in [0.5, 0.6) is 0 Å². The molecule has 2 N–H and O–H groups in total. The van der Waals surface area contributed by atoms with Crippen LogP contribution < -0.4 is 5.32 Å². The van der Waals surface area contributed by atoms with Crippen LogP contribution in [0.25, 0.3) is 11.1 Å². The molecule has 1 aliphatic carbocycles. The number of hydrogen-bond acceptors (Lipinski definition) is 5. The van der Waals surface area contributed by atoms with Gasteiger partial charge in [0.05, 0.1) is 0 Å². The lowest BCUT2D eigenvalue weighted by Crippen LogP contribution is -2.42. The van der Waals surface area contributed by atoms with Crippen molar-refractivity contribution < 1.29 is 28.9 Å². The summed E-state index contributed by atoms with van der Waals surface area (Å²) in [4.78, 5) is 24.6. The van der Waals surface area contributed by atoms with Gasteiger partial charge in [0.1, 0.15) is 12.6 Å². The molecule has 1 unspecified atom stereocenters. The van der Waals surface area contributed by atoms with E-state index in [1.807, 2.05) is 74.5 Å². The zero-order valence-electron chi connectivity index (χ0n) is 20.5. The van der Waals surface area contributed by atoms with Gasteiger partial charge >= 0.3 is 12.1 Å². The van der Waals surface area contributed by atoms with Gasteiger partial charge in [0.15, 0.2) is 6.29 Å². The Morgan fingerprint density at radius 2 is 1.50 bits per heavy atom. The number of carbonyl (C=O) groups is 2. The predicted octanol–water partition coefficient (Wildman–Crippen LogP) is 5.29. The van der Waals surface area contributed by atoms with Crippen molar-refractivity contribution in [1.29, 1.82) is 0 Å². The standard InChI is InChI=1S/C29H31NO6/c1-3-34-28(35-4-2)20-11-9-10-19(16-20)17-26(27(31)32)30-29(33)36-18-25-23-14-7-5-12-21(23)22-13-6-8-15-24(22)25/h5-16,25-26,28H,3-4,17-18H2,1-2H3,(H,30,33)(H,31,32). The van der Waals surface area contributed by atoms with E-state index in [0.717, 1.165) is 33.4 Å². The minimum absolute atomic E-state index is 0.0956. The van der Waals surface area contributed by atoms with Crippen molar-refractivity contribution in [1.82, 2.24) is 5.32 Å². The molecule has 0 radical (unpaired) electrons. The summed E-state index contributed by atoms with van der Waals surface area (Å²) in [7, 11) is 0. The zero-order chi connectivity index (χ0) is 25.5. The maximum atomic E-state index is 12.6. The average molecular weight is 490 g/mol. The topological polar surface area (TPSA) is 94.1 Å². The number of hydrogen-bond donors (Lipinski definition) is 2. The number of amides is 1. The highest BCUT2D eigenvalue weighted by Crippen LogP contribution is 2.44. The van der Waals surface area contributed by atoms with Crippen LogP contribution in [0.2, 0.25) is 0 Å².